The summed E-state index contributed by atoms with van der Waals surface area (Å²) in [7, 11) is 0. The third-order valence-electron chi connectivity index (χ3n) is 2.87. The molecule has 1 aromatic heterocycles. The molecule has 0 aliphatic carbocycles. The fourth-order valence-electron chi connectivity index (χ4n) is 1.91. The van der Waals surface area contributed by atoms with Crippen LogP contribution in [0.3, 0.4) is 0 Å². The van der Waals surface area contributed by atoms with Crippen LogP contribution in [-0.2, 0) is 0 Å². The van der Waals surface area contributed by atoms with Crippen LogP contribution in [-0.4, -0.2) is 31.3 Å². The lowest BCUT2D eigenvalue weighted by atomic mass is 10.2. The number of rotatable bonds is 3. The summed E-state index contributed by atoms with van der Waals surface area (Å²) in [4.78, 5) is 12.6. The van der Waals surface area contributed by atoms with E-state index in [1.54, 1.807) is 18.2 Å². The lowest BCUT2D eigenvalue weighted by Gasteiger charge is -2.05. The van der Waals surface area contributed by atoms with Gasteiger partial charge in [0.05, 0.1) is 0 Å². The first-order chi connectivity index (χ1) is 10.2. The Balaban J connectivity index is 2.09. The Labute approximate surface area is 128 Å². The first kappa shape index (κ1) is 13.4. The zero-order chi connectivity index (χ0) is 14.8. The van der Waals surface area contributed by atoms with Gasteiger partial charge in [0.25, 0.3) is 0 Å². The standard InChI is InChI=1S/C14H9BrN4O2/c15-10-7-4-8-11(12(10)14(20)21)19-17-13(16-18-19)9-5-2-1-3-6-9/h1-8H,(H,20,21). The van der Waals surface area contributed by atoms with Crippen LogP contribution in [0.2, 0.25) is 0 Å². The molecule has 3 aromatic rings. The molecule has 0 atom stereocenters. The molecule has 0 radical (unpaired) electrons. The van der Waals surface area contributed by atoms with Gasteiger partial charge in [-0.1, -0.05) is 36.4 Å². The van der Waals surface area contributed by atoms with Gasteiger partial charge in [-0.25, -0.2) is 4.79 Å². The molecule has 0 unspecified atom stereocenters. The Hall–Kier alpha value is -2.54. The minimum absolute atomic E-state index is 0.0921. The van der Waals surface area contributed by atoms with Crippen LogP contribution in [0.5, 0.6) is 0 Å². The van der Waals surface area contributed by atoms with E-state index in [1.165, 1.54) is 4.80 Å². The van der Waals surface area contributed by atoms with Crippen molar-refractivity contribution in [3.8, 4) is 17.1 Å². The van der Waals surface area contributed by atoms with Crippen LogP contribution in [0.4, 0.5) is 0 Å². The van der Waals surface area contributed by atoms with E-state index in [0.29, 0.717) is 16.0 Å². The van der Waals surface area contributed by atoms with Crippen LogP contribution in [0.25, 0.3) is 17.1 Å². The molecule has 2 aromatic carbocycles. The molecular formula is C14H9BrN4O2. The number of halogens is 1. The summed E-state index contributed by atoms with van der Waals surface area (Å²) >= 11 is 3.23. The molecule has 104 valence electrons. The summed E-state index contributed by atoms with van der Waals surface area (Å²) in [5.74, 6) is -0.622. The summed E-state index contributed by atoms with van der Waals surface area (Å²) in [6, 6.07) is 14.4. The van der Waals surface area contributed by atoms with Gasteiger partial charge < -0.3 is 5.11 Å². The summed E-state index contributed by atoms with van der Waals surface area (Å²) in [5.41, 5.74) is 1.26. The number of carboxylic acid groups (broad SMARTS) is 1. The molecule has 0 saturated heterocycles. The topological polar surface area (TPSA) is 80.9 Å². The molecule has 0 aliphatic heterocycles. The second-order valence-corrected chi connectivity index (χ2v) is 5.06. The van der Waals surface area contributed by atoms with Crippen LogP contribution in [0.15, 0.2) is 53.0 Å². The first-order valence-corrected chi connectivity index (χ1v) is 6.84. The molecule has 0 fully saturated rings. The molecule has 21 heavy (non-hydrogen) atoms. The van der Waals surface area contributed by atoms with E-state index in [1.807, 2.05) is 30.3 Å². The van der Waals surface area contributed by atoms with E-state index >= 15 is 0 Å². The number of tetrazole rings is 1. The Morgan fingerprint density at radius 3 is 2.57 bits per heavy atom. The lowest BCUT2D eigenvalue weighted by molar-refractivity contribution is 0.0695. The van der Waals surface area contributed by atoms with Crippen molar-refractivity contribution in [1.82, 2.24) is 20.2 Å². The summed E-state index contributed by atoms with van der Waals surface area (Å²) in [5, 5.41) is 21.5. The maximum atomic E-state index is 11.4. The number of carbonyl (C=O) groups is 1. The van der Waals surface area contributed by atoms with Crippen LogP contribution in [0, 0.1) is 0 Å². The van der Waals surface area contributed by atoms with Gasteiger partial charge in [-0.2, -0.15) is 0 Å². The number of hydrogen-bond acceptors (Lipinski definition) is 4. The number of nitrogens with zero attached hydrogens (tertiary/aromatic N) is 4. The van der Waals surface area contributed by atoms with E-state index in [-0.39, 0.29) is 5.56 Å². The molecule has 0 amide bonds. The zero-order valence-corrected chi connectivity index (χ0v) is 12.2. The average molecular weight is 345 g/mol. The predicted molar refractivity (Wildman–Crippen MR) is 79.2 cm³/mol. The van der Waals surface area contributed by atoms with Crippen molar-refractivity contribution in [2.75, 3.05) is 0 Å². The predicted octanol–water partition coefficient (Wildman–Crippen LogP) is 2.79. The number of benzene rings is 2. The van der Waals surface area contributed by atoms with Gasteiger partial charge in [0, 0.05) is 10.0 Å². The molecule has 7 heteroatoms. The van der Waals surface area contributed by atoms with Crippen LogP contribution in [0.1, 0.15) is 10.4 Å². The largest absolute Gasteiger partial charge is 0.478 e. The normalized spacial score (nSPS) is 10.5. The molecule has 0 bridgehead atoms. The Bertz CT molecular complexity index is 802. The van der Waals surface area contributed by atoms with Gasteiger partial charge in [0.15, 0.2) is 0 Å². The number of aromatic carboxylic acids is 1. The minimum atomic E-state index is -1.06. The maximum absolute atomic E-state index is 11.4. The third-order valence-corrected chi connectivity index (χ3v) is 3.53. The summed E-state index contributed by atoms with van der Waals surface area (Å²) in [6.07, 6.45) is 0. The number of hydrogen-bond donors (Lipinski definition) is 1. The van der Waals surface area contributed by atoms with Gasteiger partial charge >= 0.3 is 5.97 Å². The molecule has 1 heterocycles. The molecule has 0 aliphatic rings. The Morgan fingerprint density at radius 2 is 1.86 bits per heavy atom. The Morgan fingerprint density at radius 1 is 1.10 bits per heavy atom. The highest BCUT2D eigenvalue weighted by Crippen LogP contribution is 2.23. The fourth-order valence-corrected chi connectivity index (χ4v) is 2.44. The van der Waals surface area contributed by atoms with Crippen LogP contribution >= 0.6 is 15.9 Å². The summed E-state index contributed by atoms with van der Waals surface area (Å²) < 4.78 is 0.464. The first-order valence-electron chi connectivity index (χ1n) is 6.04. The smallest absolute Gasteiger partial charge is 0.339 e. The molecule has 0 saturated carbocycles. The number of aromatic nitrogens is 4. The van der Waals surface area contributed by atoms with Crippen molar-refractivity contribution < 1.29 is 9.90 Å². The highest BCUT2D eigenvalue weighted by Gasteiger charge is 2.17. The third kappa shape index (κ3) is 2.55. The molecule has 1 N–H and O–H groups in total. The molecule has 6 nitrogen and oxygen atoms in total. The lowest BCUT2D eigenvalue weighted by Crippen LogP contribution is -2.08. The number of carboxylic acids is 1. The van der Waals surface area contributed by atoms with E-state index in [0.717, 1.165) is 5.56 Å². The second kappa shape index (κ2) is 5.45. The van der Waals surface area contributed by atoms with E-state index in [9.17, 15) is 9.90 Å². The van der Waals surface area contributed by atoms with Crippen molar-refractivity contribution in [3.63, 3.8) is 0 Å². The van der Waals surface area contributed by atoms with Gasteiger partial charge in [0.2, 0.25) is 5.82 Å². The van der Waals surface area contributed by atoms with Crippen molar-refractivity contribution in [1.29, 1.82) is 0 Å². The van der Waals surface area contributed by atoms with Crippen LogP contribution < -0.4 is 0 Å². The van der Waals surface area contributed by atoms with E-state index in [4.69, 9.17) is 0 Å². The summed E-state index contributed by atoms with van der Waals surface area (Å²) in [6.45, 7) is 0. The van der Waals surface area contributed by atoms with Crippen molar-refractivity contribution in [2.45, 2.75) is 0 Å². The van der Waals surface area contributed by atoms with E-state index in [2.05, 4.69) is 31.3 Å². The molecular weight excluding hydrogens is 336 g/mol. The average Bonchev–Trinajstić information content (AvgIpc) is 2.97. The van der Waals surface area contributed by atoms with Gasteiger partial charge in [0.1, 0.15) is 11.3 Å². The highest BCUT2D eigenvalue weighted by molar-refractivity contribution is 9.10. The maximum Gasteiger partial charge on any atom is 0.339 e. The van der Waals surface area contributed by atoms with Crippen molar-refractivity contribution in [3.05, 3.63) is 58.6 Å². The second-order valence-electron chi connectivity index (χ2n) is 4.21. The van der Waals surface area contributed by atoms with Gasteiger partial charge in [-0.3, -0.25) is 0 Å². The zero-order valence-electron chi connectivity index (χ0n) is 10.6. The van der Waals surface area contributed by atoms with E-state index < -0.39 is 5.97 Å². The minimum Gasteiger partial charge on any atom is -0.478 e. The fraction of sp³-hybridized carbons (Fsp3) is 0. The van der Waals surface area contributed by atoms with Crippen molar-refractivity contribution in [2.24, 2.45) is 0 Å². The molecule has 3 rings (SSSR count). The molecule has 0 spiro atoms. The van der Waals surface area contributed by atoms with Gasteiger partial charge in [-0.15, -0.1) is 15.0 Å². The monoisotopic (exact) mass is 344 g/mol. The van der Waals surface area contributed by atoms with Gasteiger partial charge in [-0.05, 0) is 33.3 Å². The Kier molecular flexibility index (Phi) is 3.49. The van der Waals surface area contributed by atoms with Crippen molar-refractivity contribution >= 4 is 21.9 Å². The highest BCUT2D eigenvalue weighted by atomic mass is 79.9. The SMILES string of the molecule is O=C(O)c1c(Br)cccc1-n1nnc(-c2ccccc2)n1. The quantitative estimate of drug-likeness (QED) is 0.789.